The van der Waals surface area contributed by atoms with Crippen LogP contribution in [0.5, 0.6) is 0 Å². The molecule has 0 aliphatic carbocycles. The van der Waals surface area contributed by atoms with E-state index in [0.29, 0.717) is 11.7 Å². The number of carbonyl (C=O) groups is 1. The van der Waals surface area contributed by atoms with Crippen LogP contribution < -0.4 is 0 Å². The molecule has 1 fully saturated rings. The molecule has 0 radical (unpaired) electrons. The SMILES string of the molecule is O=C(O)c1ccc2c(c1)CN(CCC1CCCO1)C2. The van der Waals surface area contributed by atoms with E-state index >= 15 is 0 Å². The number of carboxylic acids is 1. The number of benzene rings is 1. The fourth-order valence-corrected chi connectivity index (χ4v) is 2.95. The van der Waals surface area contributed by atoms with E-state index in [1.165, 1.54) is 18.4 Å². The molecule has 4 heteroatoms. The van der Waals surface area contributed by atoms with E-state index in [-0.39, 0.29) is 0 Å². The summed E-state index contributed by atoms with van der Waals surface area (Å²) >= 11 is 0. The van der Waals surface area contributed by atoms with Crippen LogP contribution >= 0.6 is 0 Å². The molecular formula is C15H19NO3. The zero-order chi connectivity index (χ0) is 13.2. The zero-order valence-corrected chi connectivity index (χ0v) is 11.0. The van der Waals surface area contributed by atoms with Crippen LogP contribution in [0.15, 0.2) is 18.2 Å². The van der Waals surface area contributed by atoms with Gasteiger partial charge in [0.05, 0.1) is 11.7 Å². The van der Waals surface area contributed by atoms with Crippen LogP contribution in [-0.4, -0.2) is 35.2 Å². The summed E-state index contributed by atoms with van der Waals surface area (Å²) in [5.41, 5.74) is 2.81. The second kappa shape index (κ2) is 5.31. The molecule has 0 amide bonds. The van der Waals surface area contributed by atoms with E-state index in [1.54, 1.807) is 6.07 Å². The van der Waals surface area contributed by atoms with E-state index in [1.807, 2.05) is 12.1 Å². The highest BCUT2D eigenvalue weighted by atomic mass is 16.5. The molecule has 1 aromatic carbocycles. The third-order valence-electron chi connectivity index (χ3n) is 4.03. The molecule has 2 aliphatic rings. The first-order chi connectivity index (χ1) is 9.22. The first kappa shape index (κ1) is 12.6. The predicted octanol–water partition coefficient (Wildman–Crippen LogP) is 2.27. The summed E-state index contributed by atoms with van der Waals surface area (Å²) in [6.07, 6.45) is 3.88. The zero-order valence-electron chi connectivity index (χ0n) is 11.0. The topological polar surface area (TPSA) is 49.8 Å². The second-order valence-electron chi connectivity index (χ2n) is 5.42. The van der Waals surface area contributed by atoms with Gasteiger partial charge < -0.3 is 9.84 Å². The Kier molecular flexibility index (Phi) is 3.53. The fraction of sp³-hybridized carbons (Fsp3) is 0.533. The summed E-state index contributed by atoms with van der Waals surface area (Å²) in [5, 5.41) is 9.00. The Bertz CT molecular complexity index is 480. The van der Waals surface area contributed by atoms with Gasteiger partial charge in [-0.15, -0.1) is 0 Å². The van der Waals surface area contributed by atoms with Gasteiger partial charge in [0.1, 0.15) is 0 Å². The van der Waals surface area contributed by atoms with Crippen molar-refractivity contribution >= 4 is 5.97 Å². The lowest BCUT2D eigenvalue weighted by molar-refractivity contribution is 0.0696. The van der Waals surface area contributed by atoms with Crippen LogP contribution in [0.1, 0.15) is 40.7 Å². The lowest BCUT2D eigenvalue weighted by Gasteiger charge is -2.17. The standard InChI is InChI=1S/C15H19NO3/c17-15(18)11-3-4-12-9-16(10-13(12)8-11)6-5-14-2-1-7-19-14/h3-4,8,14H,1-2,5-7,9-10H2,(H,17,18). The highest BCUT2D eigenvalue weighted by Crippen LogP contribution is 2.25. The van der Waals surface area contributed by atoms with Crippen LogP contribution in [0.25, 0.3) is 0 Å². The minimum atomic E-state index is -0.847. The molecule has 1 aromatic rings. The maximum absolute atomic E-state index is 11.0. The van der Waals surface area contributed by atoms with Crippen LogP contribution in [0.3, 0.4) is 0 Å². The Morgan fingerprint density at radius 2 is 2.21 bits per heavy atom. The van der Waals surface area contributed by atoms with Gasteiger partial charge in [-0.1, -0.05) is 6.07 Å². The van der Waals surface area contributed by atoms with Crippen molar-refractivity contribution < 1.29 is 14.6 Å². The van der Waals surface area contributed by atoms with Crippen LogP contribution in [0.4, 0.5) is 0 Å². The van der Waals surface area contributed by atoms with Gasteiger partial charge in [0.25, 0.3) is 0 Å². The molecule has 19 heavy (non-hydrogen) atoms. The monoisotopic (exact) mass is 261 g/mol. The molecule has 0 spiro atoms. The van der Waals surface area contributed by atoms with Gasteiger partial charge in [-0.05, 0) is 42.5 Å². The maximum Gasteiger partial charge on any atom is 0.335 e. The summed E-state index contributed by atoms with van der Waals surface area (Å²) in [4.78, 5) is 13.3. The summed E-state index contributed by atoms with van der Waals surface area (Å²) in [7, 11) is 0. The molecule has 1 saturated heterocycles. The van der Waals surface area contributed by atoms with Gasteiger partial charge in [-0.25, -0.2) is 4.79 Å². The van der Waals surface area contributed by atoms with Gasteiger partial charge in [0, 0.05) is 26.2 Å². The number of carboxylic acid groups (broad SMARTS) is 1. The number of hydrogen-bond acceptors (Lipinski definition) is 3. The second-order valence-corrected chi connectivity index (χ2v) is 5.42. The van der Waals surface area contributed by atoms with Crippen molar-refractivity contribution in [3.05, 3.63) is 34.9 Å². The number of nitrogens with zero attached hydrogens (tertiary/aromatic N) is 1. The van der Waals surface area contributed by atoms with Crippen LogP contribution in [-0.2, 0) is 17.8 Å². The molecule has 2 aliphatic heterocycles. The summed E-state index contributed by atoms with van der Waals surface area (Å²) < 4.78 is 5.64. The van der Waals surface area contributed by atoms with Crippen LogP contribution in [0, 0.1) is 0 Å². The first-order valence-corrected chi connectivity index (χ1v) is 6.91. The molecule has 102 valence electrons. The summed E-state index contributed by atoms with van der Waals surface area (Å²) in [5.74, 6) is -0.847. The number of ether oxygens (including phenoxy) is 1. The minimum absolute atomic E-state index is 0.389. The molecule has 1 atom stereocenters. The maximum atomic E-state index is 11.0. The average molecular weight is 261 g/mol. The van der Waals surface area contributed by atoms with E-state index in [4.69, 9.17) is 9.84 Å². The van der Waals surface area contributed by atoms with Crippen molar-refractivity contribution in [1.29, 1.82) is 0 Å². The van der Waals surface area contributed by atoms with Crippen molar-refractivity contribution in [2.45, 2.75) is 38.5 Å². The summed E-state index contributed by atoms with van der Waals surface area (Å²) in [6, 6.07) is 5.46. The third-order valence-corrected chi connectivity index (χ3v) is 4.03. The number of fused-ring (bicyclic) bond motifs is 1. The largest absolute Gasteiger partial charge is 0.478 e. The Hall–Kier alpha value is -1.39. The van der Waals surface area contributed by atoms with Crippen molar-refractivity contribution in [3.63, 3.8) is 0 Å². The fourth-order valence-electron chi connectivity index (χ4n) is 2.95. The third kappa shape index (κ3) is 2.80. The molecule has 0 bridgehead atoms. The van der Waals surface area contributed by atoms with Crippen molar-refractivity contribution in [1.82, 2.24) is 4.90 Å². The predicted molar refractivity (Wildman–Crippen MR) is 71.1 cm³/mol. The Morgan fingerprint density at radius 1 is 1.37 bits per heavy atom. The average Bonchev–Trinajstić information content (AvgIpc) is 3.04. The molecule has 2 heterocycles. The molecule has 1 unspecified atom stereocenters. The van der Waals surface area contributed by atoms with Crippen molar-refractivity contribution in [2.24, 2.45) is 0 Å². The molecule has 4 nitrogen and oxygen atoms in total. The van der Waals surface area contributed by atoms with Gasteiger partial charge in [0.2, 0.25) is 0 Å². The lowest BCUT2D eigenvalue weighted by Crippen LogP contribution is -2.21. The lowest BCUT2D eigenvalue weighted by atomic mass is 10.1. The number of hydrogen-bond donors (Lipinski definition) is 1. The summed E-state index contributed by atoms with van der Waals surface area (Å²) in [6.45, 7) is 3.74. The van der Waals surface area contributed by atoms with E-state index in [0.717, 1.165) is 38.2 Å². The quantitative estimate of drug-likeness (QED) is 0.903. The van der Waals surface area contributed by atoms with E-state index in [9.17, 15) is 4.79 Å². The first-order valence-electron chi connectivity index (χ1n) is 6.91. The molecule has 0 aromatic heterocycles. The van der Waals surface area contributed by atoms with E-state index < -0.39 is 5.97 Å². The minimum Gasteiger partial charge on any atom is -0.478 e. The van der Waals surface area contributed by atoms with E-state index in [2.05, 4.69) is 4.90 Å². The highest BCUT2D eigenvalue weighted by molar-refractivity contribution is 5.87. The Balaban J connectivity index is 1.58. The highest BCUT2D eigenvalue weighted by Gasteiger charge is 2.22. The number of aromatic carboxylic acids is 1. The molecular weight excluding hydrogens is 242 g/mol. The smallest absolute Gasteiger partial charge is 0.335 e. The number of rotatable bonds is 4. The Morgan fingerprint density at radius 3 is 2.95 bits per heavy atom. The van der Waals surface area contributed by atoms with Crippen molar-refractivity contribution in [2.75, 3.05) is 13.2 Å². The molecule has 3 rings (SSSR count). The Labute approximate surface area is 113 Å². The normalized spacial score (nSPS) is 22.6. The van der Waals surface area contributed by atoms with Gasteiger partial charge in [-0.3, -0.25) is 4.90 Å². The van der Waals surface area contributed by atoms with Gasteiger partial charge >= 0.3 is 5.97 Å². The van der Waals surface area contributed by atoms with Gasteiger partial charge in [0.15, 0.2) is 0 Å². The van der Waals surface area contributed by atoms with Crippen molar-refractivity contribution in [3.8, 4) is 0 Å². The molecule has 0 saturated carbocycles. The molecule has 1 N–H and O–H groups in total. The van der Waals surface area contributed by atoms with Crippen LogP contribution in [0.2, 0.25) is 0 Å². The van der Waals surface area contributed by atoms with Gasteiger partial charge in [-0.2, -0.15) is 0 Å².